The lowest BCUT2D eigenvalue weighted by Gasteiger charge is -2.32. The molecule has 210 valence electrons. The molecule has 0 saturated carbocycles. The number of carbonyl (C=O) groups excluding carboxylic acids is 2. The van der Waals surface area contributed by atoms with E-state index in [0.29, 0.717) is 62.0 Å². The fourth-order valence-corrected chi connectivity index (χ4v) is 5.13. The third kappa shape index (κ3) is 6.27. The van der Waals surface area contributed by atoms with E-state index in [-0.39, 0.29) is 30.4 Å². The number of likely N-dealkylation sites (tertiary alicyclic amines) is 1. The van der Waals surface area contributed by atoms with Crippen molar-refractivity contribution in [3.8, 4) is 23.0 Å². The zero-order chi connectivity index (χ0) is 27.9. The van der Waals surface area contributed by atoms with Crippen LogP contribution in [-0.2, 0) is 14.3 Å². The molecule has 2 aromatic rings. The number of hydrogen-bond donors (Lipinski definition) is 0. The van der Waals surface area contributed by atoms with Crippen LogP contribution in [0.4, 0.5) is 0 Å². The third-order valence-corrected chi connectivity index (χ3v) is 7.25. The van der Waals surface area contributed by atoms with Crippen LogP contribution in [-0.4, -0.2) is 82.2 Å². The number of hydrogen-bond acceptors (Lipinski definition) is 9. The molecule has 0 aliphatic carbocycles. The van der Waals surface area contributed by atoms with E-state index in [9.17, 15) is 9.59 Å². The van der Waals surface area contributed by atoms with E-state index < -0.39 is 0 Å². The number of amides is 1. The van der Waals surface area contributed by atoms with Gasteiger partial charge in [-0.15, -0.1) is 0 Å². The van der Waals surface area contributed by atoms with Crippen molar-refractivity contribution in [2.45, 2.75) is 32.2 Å². The Hall–Kier alpha value is -3.79. The van der Waals surface area contributed by atoms with Gasteiger partial charge in [0.2, 0.25) is 0 Å². The lowest BCUT2D eigenvalue weighted by Crippen LogP contribution is -2.43. The van der Waals surface area contributed by atoms with Gasteiger partial charge in [-0.25, -0.2) is 5.01 Å². The van der Waals surface area contributed by atoms with Gasteiger partial charge in [-0.1, -0.05) is 0 Å². The summed E-state index contributed by atoms with van der Waals surface area (Å²) in [6.45, 7) is 3.67. The fraction of sp³-hybridized carbons (Fsp3) is 0.483. The summed E-state index contributed by atoms with van der Waals surface area (Å²) in [5.41, 5.74) is 2.35. The predicted octanol–water partition coefficient (Wildman–Crippen LogP) is 3.67. The highest BCUT2D eigenvalue weighted by Gasteiger charge is 2.37. The van der Waals surface area contributed by atoms with E-state index in [1.165, 1.54) is 0 Å². The standard InChI is InChI=1S/C29H37N3O7/c1-6-39-29(34)19-11-13-31(14-12-19)18-28(33)32-25(23-10-8-21(36-3)16-27(23)38-5)17-24(30-32)22-9-7-20(35-2)15-26(22)37-4/h7-10,15-16,19,25H,6,11-14,17-18H2,1-5H3/t25-/m0/s1. The maximum atomic E-state index is 13.7. The number of nitrogens with zero attached hydrogens (tertiary/aromatic N) is 3. The molecule has 0 radical (unpaired) electrons. The van der Waals surface area contributed by atoms with Gasteiger partial charge < -0.3 is 23.7 Å². The third-order valence-electron chi connectivity index (χ3n) is 7.25. The van der Waals surface area contributed by atoms with E-state index in [0.717, 1.165) is 16.8 Å². The quantitative estimate of drug-likeness (QED) is 0.422. The first-order valence-electron chi connectivity index (χ1n) is 13.1. The predicted molar refractivity (Wildman–Crippen MR) is 146 cm³/mol. The maximum absolute atomic E-state index is 13.7. The van der Waals surface area contributed by atoms with E-state index >= 15 is 0 Å². The van der Waals surface area contributed by atoms with Gasteiger partial charge in [-0.3, -0.25) is 14.5 Å². The average Bonchev–Trinajstić information content (AvgIpc) is 3.42. The van der Waals surface area contributed by atoms with E-state index in [1.807, 2.05) is 37.3 Å². The van der Waals surface area contributed by atoms with Crippen LogP contribution in [0.2, 0.25) is 0 Å². The van der Waals surface area contributed by atoms with Crippen LogP contribution in [0.1, 0.15) is 43.4 Å². The van der Waals surface area contributed by atoms with Crippen LogP contribution < -0.4 is 18.9 Å². The molecule has 0 aromatic heterocycles. The summed E-state index contributed by atoms with van der Waals surface area (Å²) in [5.74, 6) is 2.16. The number of ether oxygens (including phenoxy) is 5. The average molecular weight is 540 g/mol. The molecule has 1 saturated heterocycles. The number of hydrazone groups is 1. The van der Waals surface area contributed by atoms with E-state index in [4.69, 9.17) is 28.8 Å². The molecule has 0 unspecified atom stereocenters. The fourth-order valence-electron chi connectivity index (χ4n) is 5.13. The summed E-state index contributed by atoms with van der Waals surface area (Å²) in [6, 6.07) is 10.7. The largest absolute Gasteiger partial charge is 0.497 e. The van der Waals surface area contributed by atoms with Gasteiger partial charge in [0, 0.05) is 29.7 Å². The Kier molecular flexibility index (Phi) is 9.29. The molecular weight excluding hydrogens is 502 g/mol. The van der Waals surface area contributed by atoms with Crippen molar-refractivity contribution in [1.82, 2.24) is 9.91 Å². The summed E-state index contributed by atoms with van der Waals surface area (Å²) in [4.78, 5) is 27.9. The number of methoxy groups -OCH3 is 4. The Morgan fingerprint density at radius 2 is 1.54 bits per heavy atom. The Morgan fingerprint density at radius 3 is 2.15 bits per heavy atom. The van der Waals surface area contributed by atoms with Crippen molar-refractivity contribution in [3.05, 3.63) is 47.5 Å². The van der Waals surface area contributed by atoms with Crippen LogP contribution in [0.15, 0.2) is 41.5 Å². The molecule has 1 amide bonds. The van der Waals surface area contributed by atoms with Crippen LogP contribution in [0.25, 0.3) is 0 Å². The summed E-state index contributed by atoms with van der Waals surface area (Å²) in [7, 11) is 6.40. The molecule has 2 heterocycles. The Morgan fingerprint density at radius 1 is 0.897 bits per heavy atom. The maximum Gasteiger partial charge on any atom is 0.309 e. The Labute approximate surface area is 229 Å². The topological polar surface area (TPSA) is 99.1 Å². The van der Waals surface area contributed by atoms with Gasteiger partial charge in [0.1, 0.15) is 23.0 Å². The Balaban J connectivity index is 1.60. The second-order valence-electron chi connectivity index (χ2n) is 9.48. The number of esters is 1. The van der Waals surface area contributed by atoms with Gasteiger partial charge in [0.05, 0.1) is 59.3 Å². The molecule has 0 bridgehead atoms. The van der Waals surface area contributed by atoms with Crippen molar-refractivity contribution >= 4 is 17.6 Å². The smallest absolute Gasteiger partial charge is 0.309 e. The van der Waals surface area contributed by atoms with Gasteiger partial charge in [-0.2, -0.15) is 5.10 Å². The summed E-state index contributed by atoms with van der Waals surface area (Å²) < 4.78 is 27.2. The van der Waals surface area contributed by atoms with Crippen molar-refractivity contribution < 1.29 is 33.3 Å². The highest BCUT2D eigenvalue weighted by Crippen LogP contribution is 2.40. The number of piperidine rings is 1. The van der Waals surface area contributed by atoms with Crippen LogP contribution >= 0.6 is 0 Å². The number of rotatable bonds is 10. The van der Waals surface area contributed by atoms with Crippen LogP contribution in [0, 0.1) is 5.92 Å². The second kappa shape index (κ2) is 12.8. The first-order valence-corrected chi connectivity index (χ1v) is 13.1. The minimum Gasteiger partial charge on any atom is -0.497 e. The molecule has 10 heteroatoms. The van der Waals surface area contributed by atoms with Crippen molar-refractivity contribution in [2.75, 3.05) is 54.7 Å². The van der Waals surface area contributed by atoms with E-state index in [1.54, 1.807) is 39.5 Å². The summed E-state index contributed by atoms with van der Waals surface area (Å²) in [5, 5.41) is 6.38. The van der Waals surface area contributed by atoms with Crippen molar-refractivity contribution in [3.63, 3.8) is 0 Å². The normalized spacial score (nSPS) is 17.9. The molecule has 4 rings (SSSR count). The highest BCUT2D eigenvalue weighted by atomic mass is 16.5. The van der Waals surface area contributed by atoms with Gasteiger partial charge in [0.25, 0.3) is 5.91 Å². The Bertz CT molecular complexity index is 1210. The second-order valence-corrected chi connectivity index (χ2v) is 9.48. The van der Waals surface area contributed by atoms with Gasteiger partial charge in [-0.05, 0) is 57.1 Å². The number of carbonyl (C=O) groups is 2. The molecule has 0 spiro atoms. The first-order chi connectivity index (χ1) is 18.9. The van der Waals surface area contributed by atoms with Gasteiger partial charge in [0.15, 0.2) is 0 Å². The molecular formula is C29H37N3O7. The molecule has 2 aliphatic heterocycles. The van der Waals surface area contributed by atoms with E-state index in [2.05, 4.69) is 4.90 Å². The first kappa shape index (κ1) is 28.2. The highest BCUT2D eigenvalue weighted by molar-refractivity contribution is 6.05. The molecule has 1 fully saturated rings. The summed E-state index contributed by atoms with van der Waals surface area (Å²) >= 11 is 0. The zero-order valence-electron chi connectivity index (χ0n) is 23.3. The number of benzene rings is 2. The lowest BCUT2D eigenvalue weighted by atomic mass is 9.96. The molecule has 1 atom stereocenters. The zero-order valence-corrected chi connectivity index (χ0v) is 23.3. The summed E-state index contributed by atoms with van der Waals surface area (Å²) in [6.07, 6.45) is 1.81. The monoisotopic (exact) mass is 539 g/mol. The van der Waals surface area contributed by atoms with Crippen molar-refractivity contribution in [1.29, 1.82) is 0 Å². The molecule has 2 aliphatic rings. The minimum absolute atomic E-state index is 0.119. The minimum atomic E-state index is -0.378. The van der Waals surface area contributed by atoms with Gasteiger partial charge >= 0.3 is 5.97 Å². The SMILES string of the molecule is CCOC(=O)C1CCN(CC(=O)N2N=C(c3ccc(OC)cc3OC)C[C@H]2c2ccc(OC)cc2OC)CC1. The molecule has 2 aromatic carbocycles. The lowest BCUT2D eigenvalue weighted by molar-refractivity contribution is -0.149. The molecule has 39 heavy (non-hydrogen) atoms. The van der Waals surface area contributed by atoms with Crippen LogP contribution in [0.3, 0.4) is 0 Å². The molecule has 10 nitrogen and oxygen atoms in total. The van der Waals surface area contributed by atoms with Crippen molar-refractivity contribution in [2.24, 2.45) is 11.0 Å². The van der Waals surface area contributed by atoms with Crippen LogP contribution in [0.5, 0.6) is 23.0 Å². The molecule has 0 N–H and O–H groups in total.